The zero-order valence-electron chi connectivity index (χ0n) is 13.1. The van der Waals surface area contributed by atoms with E-state index in [9.17, 15) is 9.59 Å². The number of carbonyl (C=O) groups excluding carboxylic acids is 2. The number of benzene rings is 1. The van der Waals surface area contributed by atoms with Gasteiger partial charge in [0, 0.05) is 22.5 Å². The molecule has 0 spiro atoms. The first-order valence-electron chi connectivity index (χ1n) is 7.86. The fourth-order valence-corrected chi connectivity index (χ4v) is 3.56. The number of hydrogen-bond acceptors (Lipinski definition) is 4. The summed E-state index contributed by atoms with van der Waals surface area (Å²) >= 11 is 1.63. The first kappa shape index (κ1) is 15.7. The second-order valence-corrected chi connectivity index (χ2v) is 6.79. The highest BCUT2D eigenvalue weighted by molar-refractivity contribution is 7.10. The van der Waals surface area contributed by atoms with Gasteiger partial charge in [0.25, 0.3) is 0 Å². The summed E-state index contributed by atoms with van der Waals surface area (Å²) in [4.78, 5) is 25.1. The number of carbonyl (C=O) groups is 2. The number of aryl methyl sites for hydroxylation is 1. The molecule has 1 amide bonds. The van der Waals surface area contributed by atoms with Crippen LogP contribution >= 0.6 is 11.3 Å². The van der Waals surface area contributed by atoms with Crippen LogP contribution in [0.2, 0.25) is 0 Å². The highest BCUT2D eigenvalue weighted by Crippen LogP contribution is 2.24. The molecule has 1 atom stereocenters. The molecular formula is C18H20N2O2S. The van der Waals surface area contributed by atoms with Crippen molar-refractivity contribution >= 4 is 28.7 Å². The maximum atomic E-state index is 12.0. The van der Waals surface area contributed by atoms with Crippen LogP contribution < -0.4 is 10.6 Å². The lowest BCUT2D eigenvalue weighted by Crippen LogP contribution is -2.31. The van der Waals surface area contributed by atoms with E-state index in [1.807, 2.05) is 42.6 Å². The van der Waals surface area contributed by atoms with Gasteiger partial charge in [-0.3, -0.25) is 9.59 Å². The zero-order valence-corrected chi connectivity index (χ0v) is 13.9. The van der Waals surface area contributed by atoms with Crippen molar-refractivity contribution in [3.8, 4) is 0 Å². The van der Waals surface area contributed by atoms with Crippen LogP contribution in [0, 0.1) is 0 Å². The van der Waals surface area contributed by atoms with E-state index in [1.54, 1.807) is 11.3 Å². The number of ketones is 1. The molecular weight excluding hydrogens is 308 g/mol. The molecule has 1 aliphatic carbocycles. The van der Waals surface area contributed by atoms with Crippen LogP contribution in [0.5, 0.6) is 0 Å². The second-order valence-electron chi connectivity index (χ2n) is 5.81. The normalized spacial score (nSPS) is 14.9. The summed E-state index contributed by atoms with van der Waals surface area (Å²) in [5, 5.41) is 8.07. The maximum Gasteiger partial charge on any atom is 0.239 e. The number of amides is 1. The van der Waals surface area contributed by atoms with Crippen molar-refractivity contribution < 1.29 is 9.59 Å². The largest absolute Gasteiger partial charge is 0.376 e. The van der Waals surface area contributed by atoms with E-state index in [-0.39, 0.29) is 24.3 Å². The van der Waals surface area contributed by atoms with Crippen LogP contribution in [0.1, 0.15) is 46.6 Å². The molecule has 5 heteroatoms. The third-order valence-electron chi connectivity index (χ3n) is 4.06. The van der Waals surface area contributed by atoms with Crippen molar-refractivity contribution in [3.63, 3.8) is 0 Å². The number of fused-ring (bicyclic) bond motifs is 1. The number of rotatable bonds is 5. The molecule has 2 aromatic rings. The third kappa shape index (κ3) is 3.79. The Morgan fingerprint density at radius 2 is 2.17 bits per heavy atom. The van der Waals surface area contributed by atoms with E-state index >= 15 is 0 Å². The maximum absolute atomic E-state index is 12.0. The van der Waals surface area contributed by atoms with Crippen molar-refractivity contribution in [1.29, 1.82) is 0 Å². The topological polar surface area (TPSA) is 58.2 Å². The summed E-state index contributed by atoms with van der Waals surface area (Å²) in [6.07, 6.45) is 2.51. The van der Waals surface area contributed by atoms with E-state index in [4.69, 9.17) is 0 Å². The van der Waals surface area contributed by atoms with E-state index in [1.165, 1.54) is 0 Å². The van der Waals surface area contributed by atoms with Gasteiger partial charge in [-0.25, -0.2) is 0 Å². The fraction of sp³-hybridized carbons (Fsp3) is 0.333. The monoisotopic (exact) mass is 328 g/mol. The minimum atomic E-state index is -0.0602. The quantitative estimate of drug-likeness (QED) is 0.882. The van der Waals surface area contributed by atoms with E-state index < -0.39 is 0 Å². The summed E-state index contributed by atoms with van der Waals surface area (Å²) in [6, 6.07) is 9.79. The Morgan fingerprint density at radius 1 is 1.30 bits per heavy atom. The van der Waals surface area contributed by atoms with Crippen LogP contribution in [0.15, 0.2) is 35.7 Å². The van der Waals surface area contributed by atoms with Gasteiger partial charge in [-0.05, 0) is 48.9 Å². The van der Waals surface area contributed by atoms with Gasteiger partial charge in [-0.1, -0.05) is 12.1 Å². The SMILES string of the molecule is C[C@H](NC(=O)CNc1ccc2c(c1)C(=O)CCC2)c1cccs1. The molecule has 4 nitrogen and oxygen atoms in total. The number of Topliss-reactive ketones (excluding diaryl/α,β-unsaturated/α-hetero) is 1. The Kier molecular flexibility index (Phi) is 4.76. The molecule has 1 aliphatic rings. The lowest BCUT2D eigenvalue weighted by atomic mass is 9.90. The van der Waals surface area contributed by atoms with Gasteiger partial charge >= 0.3 is 0 Å². The number of nitrogens with one attached hydrogen (secondary N) is 2. The predicted octanol–water partition coefficient (Wildman–Crippen LogP) is 3.56. The van der Waals surface area contributed by atoms with Crippen LogP contribution in [0.3, 0.4) is 0 Å². The highest BCUT2D eigenvalue weighted by atomic mass is 32.1. The van der Waals surface area contributed by atoms with Gasteiger partial charge in [-0.15, -0.1) is 11.3 Å². The molecule has 0 saturated heterocycles. The minimum absolute atomic E-state index is 0.00871. The summed E-state index contributed by atoms with van der Waals surface area (Å²) in [5.74, 6) is 0.139. The molecule has 0 bridgehead atoms. The summed E-state index contributed by atoms with van der Waals surface area (Å²) < 4.78 is 0. The second kappa shape index (κ2) is 6.96. The third-order valence-corrected chi connectivity index (χ3v) is 5.12. The van der Waals surface area contributed by atoms with Crippen molar-refractivity contribution in [1.82, 2.24) is 5.32 Å². The smallest absolute Gasteiger partial charge is 0.239 e. The molecule has 1 aromatic heterocycles. The first-order chi connectivity index (χ1) is 11.1. The Labute approximate surface area is 139 Å². The number of hydrogen-bond donors (Lipinski definition) is 2. The number of thiophene rings is 1. The van der Waals surface area contributed by atoms with Crippen molar-refractivity contribution in [2.24, 2.45) is 0 Å². The summed E-state index contributed by atoms with van der Waals surface area (Å²) in [5.41, 5.74) is 2.73. The molecule has 120 valence electrons. The molecule has 1 aromatic carbocycles. The van der Waals surface area contributed by atoms with Gasteiger partial charge in [-0.2, -0.15) is 0 Å². The Hall–Kier alpha value is -2.14. The van der Waals surface area contributed by atoms with Gasteiger partial charge in [0.15, 0.2) is 5.78 Å². The molecule has 1 heterocycles. The predicted molar refractivity (Wildman–Crippen MR) is 93.1 cm³/mol. The van der Waals surface area contributed by atoms with Gasteiger partial charge < -0.3 is 10.6 Å². The van der Waals surface area contributed by atoms with Crippen molar-refractivity contribution in [2.45, 2.75) is 32.2 Å². The average molecular weight is 328 g/mol. The Bertz CT molecular complexity index is 710. The van der Waals surface area contributed by atoms with E-state index in [2.05, 4.69) is 10.6 Å². The zero-order chi connectivity index (χ0) is 16.2. The lowest BCUT2D eigenvalue weighted by Gasteiger charge is -2.17. The van der Waals surface area contributed by atoms with Crippen LogP contribution in [-0.4, -0.2) is 18.2 Å². The van der Waals surface area contributed by atoms with Crippen LogP contribution in [0.25, 0.3) is 0 Å². The van der Waals surface area contributed by atoms with E-state index in [0.717, 1.165) is 34.5 Å². The lowest BCUT2D eigenvalue weighted by molar-refractivity contribution is -0.120. The Balaban J connectivity index is 1.57. The van der Waals surface area contributed by atoms with Crippen molar-refractivity contribution in [2.75, 3.05) is 11.9 Å². The first-order valence-corrected chi connectivity index (χ1v) is 8.74. The summed E-state index contributed by atoms with van der Waals surface area (Å²) in [7, 11) is 0. The van der Waals surface area contributed by atoms with Gasteiger partial charge in [0.05, 0.1) is 12.6 Å². The van der Waals surface area contributed by atoms with Gasteiger partial charge in [0.1, 0.15) is 0 Å². The molecule has 0 unspecified atom stereocenters. The number of anilines is 1. The highest BCUT2D eigenvalue weighted by Gasteiger charge is 2.17. The Morgan fingerprint density at radius 3 is 2.96 bits per heavy atom. The molecule has 0 radical (unpaired) electrons. The summed E-state index contributed by atoms with van der Waals surface area (Å²) in [6.45, 7) is 2.17. The van der Waals surface area contributed by atoms with Crippen molar-refractivity contribution in [3.05, 3.63) is 51.7 Å². The molecule has 2 N–H and O–H groups in total. The average Bonchev–Trinajstić information content (AvgIpc) is 3.08. The standard InChI is InChI=1S/C18H20N2O2S/c1-12(17-6-3-9-23-17)20-18(22)11-19-14-8-7-13-4-2-5-16(21)15(13)10-14/h3,6-10,12,19H,2,4-5,11H2,1H3,(H,20,22)/t12-/m0/s1. The molecule has 0 saturated carbocycles. The minimum Gasteiger partial charge on any atom is -0.376 e. The molecule has 23 heavy (non-hydrogen) atoms. The molecule has 3 rings (SSSR count). The van der Waals surface area contributed by atoms with Crippen LogP contribution in [0.4, 0.5) is 5.69 Å². The van der Waals surface area contributed by atoms with Gasteiger partial charge in [0.2, 0.25) is 5.91 Å². The fourth-order valence-electron chi connectivity index (χ4n) is 2.82. The van der Waals surface area contributed by atoms with Crippen LogP contribution in [-0.2, 0) is 11.2 Å². The molecule has 0 fully saturated rings. The molecule has 0 aliphatic heterocycles. The van der Waals surface area contributed by atoms with E-state index in [0.29, 0.717) is 6.42 Å².